The minimum atomic E-state index is -0.486. The molecular formula is C17H20BrNO2S. The number of alkyl halides is 1. The van der Waals surface area contributed by atoms with Gasteiger partial charge in [-0.1, -0.05) is 39.7 Å². The predicted molar refractivity (Wildman–Crippen MR) is 97.2 cm³/mol. The van der Waals surface area contributed by atoms with Gasteiger partial charge < -0.3 is 9.84 Å². The Labute approximate surface area is 143 Å². The first-order valence-corrected chi connectivity index (χ1v) is 9.05. The summed E-state index contributed by atoms with van der Waals surface area (Å²) in [5.74, 6) is 0.840. The standard InChI is InChI=1S/C17H20BrNO2S/c1-12(2)9-13(20)10-16-15-6-5-14(11-17(15)22-19-16)21-8-4-3-7-18/h3-6,9,11,13,20H,7-8,10H2,1-2H3/b4-3+. The lowest BCUT2D eigenvalue weighted by molar-refractivity contribution is 0.222. The third kappa shape index (κ3) is 4.93. The zero-order valence-electron chi connectivity index (χ0n) is 12.8. The van der Waals surface area contributed by atoms with Crippen LogP contribution in [0.25, 0.3) is 10.1 Å². The fraction of sp³-hybridized carbons (Fsp3) is 0.353. The molecule has 0 aliphatic rings. The van der Waals surface area contributed by atoms with E-state index in [9.17, 15) is 5.11 Å². The van der Waals surface area contributed by atoms with Crippen LogP contribution in [-0.2, 0) is 6.42 Å². The van der Waals surface area contributed by atoms with Crippen molar-refractivity contribution in [2.75, 3.05) is 11.9 Å². The number of allylic oxidation sites excluding steroid dienone is 2. The summed E-state index contributed by atoms with van der Waals surface area (Å²) in [7, 11) is 0. The molecule has 0 spiro atoms. The summed E-state index contributed by atoms with van der Waals surface area (Å²) in [6.07, 6.45) is 5.90. The molecule has 0 saturated heterocycles. The summed E-state index contributed by atoms with van der Waals surface area (Å²) >= 11 is 4.78. The van der Waals surface area contributed by atoms with Crippen LogP contribution >= 0.6 is 27.5 Å². The highest BCUT2D eigenvalue weighted by atomic mass is 79.9. The lowest BCUT2D eigenvalue weighted by atomic mass is 10.1. The molecule has 0 aliphatic carbocycles. The molecule has 1 heterocycles. The van der Waals surface area contributed by atoms with Crippen LogP contribution in [0.2, 0.25) is 0 Å². The van der Waals surface area contributed by atoms with Gasteiger partial charge in [-0.3, -0.25) is 0 Å². The van der Waals surface area contributed by atoms with Gasteiger partial charge in [0.05, 0.1) is 16.5 Å². The first-order chi connectivity index (χ1) is 10.6. The van der Waals surface area contributed by atoms with E-state index in [0.717, 1.165) is 32.4 Å². The van der Waals surface area contributed by atoms with Crippen LogP contribution in [0.15, 0.2) is 42.0 Å². The maximum atomic E-state index is 10.0. The maximum Gasteiger partial charge on any atom is 0.121 e. The Morgan fingerprint density at radius 1 is 1.41 bits per heavy atom. The van der Waals surface area contributed by atoms with E-state index in [-0.39, 0.29) is 0 Å². The Morgan fingerprint density at radius 3 is 2.95 bits per heavy atom. The van der Waals surface area contributed by atoms with Crippen molar-refractivity contribution in [1.29, 1.82) is 0 Å². The van der Waals surface area contributed by atoms with Gasteiger partial charge in [0.25, 0.3) is 0 Å². The highest BCUT2D eigenvalue weighted by Gasteiger charge is 2.11. The monoisotopic (exact) mass is 381 g/mol. The van der Waals surface area contributed by atoms with Crippen LogP contribution in [0.5, 0.6) is 5.75 Å². The molecule has 1 N–H and O–H groups in total. The largest absolute Gasteiger partial charge is 0.489 e. The van der Waals surface area contributed by atoms with Crippen molar-refractivity contribution in [3.8, 4) is 5.75 Å². The van der Waals surface area contributed by atoms with Crippen LogP contribution in [0.1, 0.15) is 19.5 Å². The van der Waals surface area contributed by atoms with Gasteiger partial charge in [-0.05, 0) is 43.6 Å². The van der Waals surface area contributed by atoms with Gasteiger partial charge >= 0.3 is 0 Å². The number of ether oxygens (including phenoxy) is 1. The zero-order chi connectivity index (χ0) is 15.9. The molecule has 2 aromatic rings. The molecular weight excluding hydrogens is 362 g/mol. The molecule has 1 atom stereocenters. The van der Waals surface area contributed by atoms with E-state index in [1.165, 1.54) is 11.5 Å². The molecule has 0 radical (unpaired) electrons. The number of aromatic nitrogens is 1. The van der Waals surface area contributed by atoms with E-state index in [1.807, 2.05) is 50.3 Å². The number of hydrogen-bond acceptors (Lipinski definition) is 4. The first-order valence-electron chi connectivity index (χ1n) is 7.15. The summed E-state index contributed by atoms with van der Waals surface area (Å²) in [5, 5.41) is 12.0. The van der Waals surface area contributed by atoms with E-state index in [4.69, 9.17) is 4.74 Å². The van der Waals surface area contributed by atoms with Crippen LogP contribution in [-0.4, -0.2) is 27.5 Å². The van der Waals surface area contributed by atoms with Crippen LogP contribution in [0, 0.1) is 0 Å². The van der Waals surface area contributed by atoms with Gasteiger partial charge in [0.15, 0.2) is 0 Å². The predicted octanol–water partition coefficient (Wildman–Crippen LogP) is 4.50. The summed E-state index contributed by atoms with van der Waals surface area (Å²) < 4.78 is 11.2. The summed E-state index contributed by atoms with van der Waals surface area (Å²) in [4.78, 5) is 0. The number of aliphatic hydroxyl groups excluding tert-OH is 1. The molecule has 22 heavy (non-hydrogen) atoms. The smallest absolute Gasteiger partial charge is 0.121 e. The Kier molecular flexibility index (Phi) is 6.61. The molecule has 3 nitrogen and oxygen atoms in total. The van der Waals surface area contributed by atoms with E-state index in [2.05, 4.69) is 20.3 Å². The van der Waals surface area contributed by atoms with Crippen LogP contribution in [0.3, 0.4) is 0 Å². The second-order valence-corrected chi connectivity index (χ2v) is 6.69. The molecule has 0 aliphatic heterocycles. The van der Waals surface area contributed by atoms with Gasteiger partial charge in [-0.15, -0.1) is 0 Å². The second kappa shape index (κ2) is 8.46. The SMILES string of the molecule is CC(C)=CC(O)Cc1nsc2cc(OC/C=C/CBr)ccc12. The average Bonchev–Trinajstić information content (AvgIpc) is 2.85. The number of rotatable bonds is 7. The lowest BCUT2D eigenvalue weighted by Crippen LogP contribution is -2.07. The fourth-order valence-corrected chi connectivity index (χ4v) is 3.22. The molecule has 118 valence electrons. The molecule has 1 unspecified atom stereocenters. The van der Waals surface area contributed by atoms with E-state index >= 15 is 0 Å². The van der Waals surface area contributed by atoms with Crippen molar-refractivity contribution in [2.45, 2.75) is 26.4 Å². The van der Waals surface area contributed by atoms with Gasteiger partial charge in [-0.25, -0.2) is 0 Å². The Morgan fingerprint density at radius 2 is 2.23 bits per heavy atom. The van der Waals surface area contributed by atoms with Gasteiger partial charge in [0.1, 0.15) is 12.4 Å². The number of hydrogen-bond donors (Lipinski definition) is 1. The Bertz CT molecular complexity index is 674. The molecule has 0 bridgehead atoms. The number of aliphatic hydroxyl groups is 1. The molecule has 0 saturated carbocycles. The number of halogens is 1. The maximum absolute atomic E-state index is 10.0. The minimum Gasteiger partial charge on any atom is -0.489 e. The highest BCUT2D eigenvalue weighted by Crippen LogP contribution is 2.28. The van der Waals surface area contributed by atoms with E-state index in [0.29, 0.717) is 13.0 Å². The quantitative estimate of drug-likeness (QED) is 0.567. The molecule has 0 fully saturated rings. The van der Waals surface area contributed by atoms with Gasteiger partial charge in [-0.2, -0.15) is 4.37 Å². The van der Waals surface area contributed by atoms with Gasteiger partial charge in [0, 0.05) is 17.1 Å². The second-order valence-electron chi connectivity index (χ2n) is 5.24. The van der Waals surface area contributed by atoms with Gasteiger partial charge in [0.2, 0.25) is 0 Å². The van der Waals surface area contributed by atoms with Crippen molar-refractivity contribution in [2.24, 2.45) is 0 Å². The Balaban J connectivity index is 2.09. The van der Waals surface area contributed by atoms with Crippen molar-refractivity contribution < 1.29 is 9.84 Å². The average molecular weight is 382 g/mol. The van der Waals surface area contributed by atoms with E-state index in [1.54, 1.807) is 0 Å². The van der Waals surface area contributed by atoms with Crippen molar-refractivity contribution in [3.63, 3.8) is 0 Å². The molecule has 1 aromatic heterocycles. The lowest BCUT2D eigenvalue weighted by Gasteiger charge is -2.05. The van der Waals surface area contributed by atoms with Crippen LogP contribution in [0.4, 0.5) is 0 Å². The molecule has 5 heteroatoms. The van der Waals surface area contributed by atoms with E-state index < -0.39 is 6.10 Å². The number of benzene rings is 1. The third-order valence-corrected chi connectivity index (χ3v) is 4.27. The van der Waals surface area contributed by atoms with Crippen molar-refractivity contribution >= 4 is 37.5 Å². The number of nitrogens with zero attached hydrogens (tertiary/aromatic N) is 1. The first kappa shape index (κ1) is 17.2. The summed E-state index contributed by atoms with van der Waals surface area (Å²) in [6, 6.07) is 5.98. The highest BCUT2D eigenvalue weighted by molar-refractivity contribution is 9.09. The topological polar surface area (TPSA) is 42.4 Å². The molecule has 2 rings (SSSR count). The minimum absolute atomic E-state index is 0.486. The number of fused-ring (bicyclic) bond motifs is 1. The van der Waals surface area contributed by atoms with Crippen LogP contribution < -0.4 is 4.74 Å². The summed E-state index contributed by atoms with van der Waals surface area (Å²) in [5.41, 5.74) is 2.05. The Hall–Kier alpha value is -1.17. The zero-order valence-corrected chi connectivity index (χ0v) is 15.2. The van der Waals surface area contributed by atoms with Crippen molar-refractivity contribution in [3.05, 3.63) is 47.7 Å². The normalized spacial score (nSPS) is 12.7. The van der Waals surface area contributed by atoms with Crippen molar-refractivity contribution in [1.82, 2.24) is 4.37 Å². The third-order valence-electron chi connectivity index (χ3n) is 3.05. The summed E-state index contributed by atoms with van der Waals surface area (Å²) in [6.45, 7) is 4.52. The molecule has 0 amide bonds. The molecule has 1 aromatic carbocycles. The fourth-order valence-electron chi connectivity index (χ4n) is 2.12.